The van der Waals surface area contributed by atoms with Crippen molar-refractivity contribution >= 4 is 0 Å². The van der Waals surface area contributed by atoms with Crippen LogP contribution < -0.4 is 10.1 Å². The Morgan fingerprint density at radius 3 is 2.45 bits per heavy atom. The normalized spacial score (nSPS) is 18.2. The van der Waals surface area contributed by atoms with Crippen LogP contribution in [-0.2, 0) is 11.3 Å². The summed E-state index contributed by atoms with van der Waals surface area (Å²) in [6.07, 6.45) is -4.65. The molecule has 1 N–H and O–H groups in total. The van der Waals surface area contributed by atoms with Gasteiger partial charge in [-0.2, -0.15) is 0 Å². The first-order valence-electron chi connectivity index (χ1n) is 7.30. The summed E-state index contributed by atoms with van der Waals surface area (Å²) in [5.74, 6) is -0.197. The van der Waals surface area contributed by atoms with E-state index >= 15 is 0 Å². The second-order valence-corrected chi connectivity index (χ2v) is 5.39. The molecule has 0 aliphatic carbocycles. The van der Waals surface area contributed by atoms with Crippen molar-refractivity contribution in [2.45, 2.75) is 25.9 Å². The quantitative estimate of drug-likeness (QED) is 0.873. The molecule has 0 bridgehead atoms. The molecule has 1 unspecified atom stereocenters. The fourth-order valence-corrected chi connectivity index (χ4v) is 2.34. The molecule has 1 aliphatic rings. The van der Waals surface area contributed by atoms with Crippen LogP contribution in [0.1, 0.15) is 12.5 Å². The molecular formula is C15H21F3N2O2. The largest absolute Gasteiger partial charge is 0.573 e. The molecule has 2 rings (SSSR count). The van der Waals surface area contributed by atoms with E-state index in [9.17, 15) is 13.2 Å². The van der Waals surface area contributed by atoms with Gasteiger partial charge in [-0.05, 0) is 24.6 Å². The van der Waals surface area contributed by atoms with Crippen LogP contribution >= 0.6 is 0 Å². The molecule has 0 amide bonds. The molecule has 124 valence electrons. The number of benzene rings is 1. The van der Waals surface area contributed by atoms with Gasteiger partial charge < -0.3 is 14.8 Å². The smallest absolute Gasteiger partial charge is 0.406 e. The average Bonchev–Trinajstić information content (AvgIpc) is 2.46. The SMILES string of the molecule is CC(CN1CCOCC1)NCc1ccc(OC(F)(F)F)cc1. The van der Waals surface area contributed by atoms with Crippen LogP contribution in [0.2, 0.25) is 0 Å². The van der Waals surface area contributed by atoms with Gasteiger partial charge in [-0.25, -0.2) is 0 Å². The molecule has 0 spiro atoms. The molecule has 1 aliphatic heterocycles. The summed E-state index contributed by atoms with van der Waals surface area (Å²) in [6, 6.07) is 6.23. The average molecular weight is 318 g/mol. The van der Waals surface area contributed by atoms with Crippen LogP contribution in [-0.4, -0.2) is 50.2 Å². The Bertz CT molecular complexity index is 445. The summed E-state index contributed by atoms with van der Waals surface area (Å²) in [5, 5.41) is 3.37. The summed E-state index contributed by atoms with van der Waals surface area (Å²) in [7, 11) is 0. The third-order valence-corrected chi connectivity index (χ3v) is 3.45. The lowest BCUT2D eigenvalue weighted by molar-refractivity contribution is -0.274. The van der Waals surface area contributed by atoms with Crippen LogP contribution in [0.3, 0.4) is 0 Å². The van der Waals surface area contributed by atoms with Crippen molar-refractivity contribution in [2.24, 2.45) is 0 Å². The third-order valence-electron chi connectivity index (χ3n) is 3.45. The predicted molar refractivity (Wildman–Crippen MR) is 76.7 cm³/mol. The monoisotopic (exact) mass is 318 g/mol. The first-order valence-corrected chi connectivity index (χ1v) is 7.30. The topological polar surface area (TPSA) is 33.7 Å². The van der Waals surface area contributed by atoms with Gasteiger partial charge in [0.25, 0.3) is 0 Å². The maximum atomic E-state index is 12.1. The molecular weight excluding hydrogens is 297 g/mol. The van der Waals surface area contributed by atoms with E-state index in [2.05, 4.69) is 21.9 Å². The molecule has 22 heavy (non-hydrogen) atoms. The van der Waals surface area contributed by atoms with Gasteiger partial charge in [0.15, 0.2) is 0 Å². The Labute approximate surface area is 128 Å². The molecule has 1 aromatic rings. The minimum Gasteiger partial charge on any atom is -0.406 e. The molecule has 7 heteroatoms. The molecule has 1 aromatic carbocycles. The highest BCUT2D eigenvalue weighted by molar-refractivity contribution is 5.27. The molecule has 1 fully saturated rings. The van der Waals surface area contributed by atoms with Crippen LogP contribution in [0.15, 0.2) is 24.3 Å². The number of rotatable bonds is 6. The Hall–Kier alpha value is -1.31. The van der Waals surface area contributed by atoms with Gasteiger partial charge >= 0.3 is 6.36 Å². The van der Waals surface area contributed by atoms with Gasteiger partial charge in [0.2, 0.25) is 0 Å². The summed E-state index contributed by atoms with van der Waals surface area (Å²) >= 11 is 0. The highest BCUT2D eigenvalue weighted by Crippen LogP contribution is 2.22. The van der Waals surface area contributed by atoms with E-state index in [0.717, 1.165) is 38.4 Å². The zero-order chi connectivity index (χ0) is 16.0. The van der Waals surface area contributed by atoms with E-state index in [1.807, 2.05) is 0 Å². The summed E-state index contributed by atoms with van der Waals surface area (Å²) in [6.45, 7) is 7.05. The van der Waals surface area contributed by atoms with Crippen LogP contribution in [0.25, 0.3) is 0 Å². The molecule has 1 atom stereocenters. The van der Waals surface area contributed by atoms with E-state index in [1.165, 1.54) is 12.1 Å². The van der Waals surface area contributed by atoms with E-state index in [0.29, 0.717) is 12.6 Å². The number of alkyl halides is 3. The summed E-state index contributed by atoms with van der Waals surface area (Å²) in [5.41, 5.74) is 0.920. The maximum absolute atomic E-state index is 12.1. The van der Waals surface area contributed by atoms with Crippen molar-refractivity contribution in [2.75, 3.05) is 32.8 Å². The number of hydrogen-bond donors (Lipinski definition) is 1. The van der Waals surface area contributed by atoms with Crippen molar-refractivity contribution in [3.05, 3.63) is 29.8 Å². The van der Waals surface area contributed by atoms with Crippen LogP contribution in [0.5, 0.6) is 5.75 Å². The third kappa shape index (κ3) is 6.21. The van der Waals surface area contributed by atoms with E-state index < -0.39 is 6.36 Å². The lowest BCUT2D eigenvalue weighted by Gasteiger charge is -2.29. The van der Waals surface area contributed by atoms with E-state index in [4.69, 9.17) is 4.74 Å². The Morgan fingerprint density at radius 2 is 1.86 bits per heavy atom. The summed E-state index contributed by atoms with van der Waals surface area (Å²) in [4.78, 5) is 2.33. The summed E-state index contributed by atoms with van der Waals surface area (Å²) < 4.78 is 45.4. The van der Waals surface area contributed by atoms with Crippen molar-refractivity contribution in [3.63, 3.8) is 0 Å². The Kier molecular flexibility index (Phi) is 6.05. The first-order chi connectivity index (χ1) is 10.4. The maximum Gasteiger partial charge on any atom is 0.573 e. The van der Waals surface area contributed by atoms with Gasteiger partial charge in [0.1, 0.15) is 5.75 Å². The second-order valence-electron chi connectivity index (χ2n) is 5.39. The standard InChI is InChI=1S/C15H21F3N2O2/c1-12(11-20-6-8-21-9-7-20)19-10-13-2-4-14(5-3-13)22-15(16,17)18/h2-5,12,19H,6-11H2,1H3. The minimum atomic E-state index is -4.65. The van der Waals surface area contributed by atoms with Gasteiger partial charge in [0.05, 0.1) is 13.2 Å². The van der Waals surface area contributed by atoms with Crippen molar-refractivity contribution in [1.82, 2.24) is 10.2 Å². The lowest BCUT2D eigenvalue weighted by Crippen LogP contribution is -2.44. The Balaban J connectivity index is 1.73. The molecule has 1 heterocycles. The zero-order valence-electron chi connectivity index (χ0n) is 12.5. The molecule has 1 saturated heterocycles. The minimum absolute atomic E-state index is 0.197. The Morgan fingerprint density at radius 1 is 1.23 bits per heavy atom. The first kappa shape index (κ1) is 17.1. The molecule has 0 radical (unpaired) electrons. The van der Waals surface area contributed by atoms with Crippen molar-refractivity contribution in [1.29, 1.82) is 0 Å². The molecule has 4 nitrogen and oxygen atoms in total. The highest BCUT2D eigenvalue weighted by Gasteiger charge is 2.30. The van der Waals surface area contributed by atoms with Crippen molar-refractivity contribution in [3.8, 4) is 5.75 Å². The van der Waals surface area contributed by atoms with Gasteiger partial charge in [-0.15, -0.1) is 13.2 Å². The number of halogens is 3. The predicted octanol–water partition coefficient (Wildman–Crippen LogP) is 2.40. The van der Waals surface area contributed by atoms with Crippen LogP contribution in [0.4, 0.5) is 13.2 Å². The number of morpholine rings is 1. The van der Waals surface area contributed by atoms with E-state index in [1.54, 1.807) is 12.1 Å². The zero-order valence-corrected chi connectivity index (χ0v) is 12.5. The second kappa shape index (κ2) is 7.80. The number of ether oxygens (including phenoxy) is 2. The van der Waals surface area contributed by atoms with Gasteiger partial charge in [0, 0.05) is 32.2 Å². The van der Waals surface area contributed by atoms with Crippen LogP contribution in [0, 0.1) is 0 Å². The van der Waals surface area contributed by atoms with Gasteiger partial charge in [-0.3, -0.25) is 4.90 Å². The number of hydrogen-bond acceptors (Lipinski definition) is 4. The fourth-order valence-electron chi connectivity index (χ4n) is 2.34. The number of nitrogens with one attached hydrogen (secondary N) is 1. The molecule has 0 saturated carbocycles. The number of nitrogens with zero attached hydrogens (tertiary/aromatic N) is 1. The van der Waals surface area contributed by atoms with Crippen molar-refractivity contribution < 1.29 is 22.6 Å². The molecule has 0 aromatic heterocycles. The van der Waals surface area contributed by atoms with Gasteiger partial charge in [-0.1, -0.05) is 12.1 Å². The fraction of sp³-hybridized carbons (Fsp3) is 0.600. The van der Waals surface area contributed by atoms with E-state index in [-0.39, 0.29) is 5.75 Å². The lowest BCUT2D eigenvalue weighted by atomic mass is 10.2. The highest BCUT2D eigenvalue weighted by atomic mass is 19.4.